The van der Waals surface area contributed by atoms with Gasteiger partial charge in [0, 0.05) is 5.54 Å². The highest BCUT2D eigenvalue weighted by atomic mass is 15.0. The molecule has 0 atom stereocenters. The Bertz CT molecular complexity index is 436. The maximum Gasteiger partial charge on any atom is 0.0179 e. The zero-order valence-electron chi connectivity index (χ0n) is 12.0. The molecule has 18 heavy (non-hydrogen) atoms. The number of hydrogen-bond donors (Lipinski definition) is 1. The molecule has 0 unspecified atom stereocenters. The van der Waals surface area contributed by atoms with Gasteiger partial charge in [0.1, 0.15) is 0 Å². The Kier molecular flexibility index (Phi) is 2.78. The molecule has 1 aromatic rings. The van der Waals surface area contributed by atoms with E-state index in [-0.39, 0.29) is 0 Å². The van der Waals surface area contributed by atoms with E-state index in [0.717, 1.165) is 0 Å². The Balaban J connectivity index is 1.96. The van der Waals surface area contributed by atoms with Gasteiger partial charge >= 0.3 is 0 Å². The van der Waals surface area contributed by atoms with Crippen molar-refractivity contribution in [3.8, 4) is 0 Å². The van der Waals surface area contributed by atoms with Gasteiger partial charge in [0.15, 0.2) is 0 Å². The minimum absolute atomic E-state index is 0.472. The Morgan fingerprint density at radius 1 is 0.944 bits per heavy atom. The summed E-state index contributed by atoms with van der Waals surface area (Å²) in [5.74, 6) is 0. The van der Waals surface area contributed by atoms with Gasteiger partial charge in [-0.15, -0.1) is 0 Å². The van der Waals surface area contributed by atoms with Crippen LogP contribution in [-0.4, -0.2) is 12.6 Å². The highest BCUT2D eigenvalue weighted by Crippen LogP contribution is 2.54. The van der Waals surface area contributed by atoms with Crippen LogP contribution in [0.25, 0.3) is 0 Å². The fraction of sp³-hybridized carbons (Fsp3) is 0.647. The first kappa shape index (κ1) is 12.2. The second kappa shape index (κ2) is 4.09. The average Bonchev–Trinajstić information content (AvgIpc) is 2.43. The Morgan fingerprint density at radius 3 is 2.11 bits per heavy atom. The normalized spacial score (nSPS) is 34.8. The third-order valence-corrected chi connectivity index (χ3v) is 5.74. The number of hydrogen-bond acceptors (Lipinski definition) is 1. The Morgan fingerprint density at radius 2 is 1.56 bits per heavy atom. The van der Waals surface area contributed by atoms with Crippen molar-refractivity contribution in [3.05, 3.63) is 34.9 Å². The van der Waals surface area contributed by atoms with Crippen molar-refractivity contribution in [3.63, 3.8) is 0 Å². The van der Waals surface area contributed by atoms with Gasteiger partial charge < -0.3 is 5.32 Å². The van der Waals surface area contributed by atoms with E-state index in [0.29, 0.717) is 11.0 Å². The molecule has 0 spiro atoms. The van der Waals surface area contributed by atoms with Crippen LogP contribution in [0.5, 0.6) is 0 Å². The summed E-state index contributed by atoms with van der Waals surface area (Å²) in [5, 5.41) is 3.60. The van der Waals surface area contributed by atoms with Gasteiger partial charge in [0.2, 0.25) is 0 Å². The molecule has 0 aliphatic heterocycles. The van der Waals surface area contributed by atoms with E-state index in [9.17, 15) is 0 Å². The van der Waals surface area contributed by atoms with Crippen molar-refractivity contribution in [2.24, 2.45) is 0 Å². The van der Waals surface area contributed by atoms with Crippen molar-refractivity contribution < 1.29 is 0 Å². The third-order valence-electron chi connectivity index (χ3n) is 5.74. The van der Waals surface area contributed by atoms with Gasteiger partial charge in [-0.05, 0) is 76.0 Å². The predicted molar refractivity (Wildman–Crippen MR) is 77.1 cm³/mol. The molecule has 1 heteroatoms. The summed E-state index contributed by atoms with van der Waals surface area (Å²) in [7, 11) is 2.15. The van der Waals surface area contributed by atoms with E-state index >= 15 is 0 Å². The fourth-order valence-electron chi connectivity index (χ4n) is 4.27. The first-order valence-electron chi connectivity index (χ1n) is 7.36. The molecular weight excluding hydrogens is 218 g/mol. The van der Waals surface area contributed by atoms with Crippen molar-refractivity contribution in [2.45, 2.75) is 63.3 Å². The number of aryl methyl sites for hydroxylation is 2. The second-order valence-corrected chi connectivity index (χ2v) is 6.63. The summed E-state index contributed by atoms with van der Waals surface area (Å²) >= 11 is 0. The standard InChI is InChI=1S/C17H25N/c1-13-4-5-14(2)15(12-13)16-6-9-17(18-3,10-7-16)11-8-16/h4-5,12,18H,6-11H2,1-3H3. The summed E-state index contributed by atoms with van der Waals surface area (Å²) in [6, 6.07) is 7.01. The van der Waals surface area contributed by atoms with Crippen molar-refractivity contribution in [1.82, 2.24) is 5.32 Å². The Labute approximate surface area is 111 Å². The van der Waals surface area contributed by atoms with E-state index in [4.69, 9.17) is 0 Å². The van der Waals surface area contributed by atoms with E-state index in [2.05, 4.69) is 44.4 Å². The summed E-state index contributed by atoms with van der Waals surface area (Å²) in [6.07, 6.45) is 8.19. The molecule has 0 aromatic heterocycles. The van der Waals surface area contributed by atoms with Crippen LogP contribution in [0, 0.1) is 13.8 Å². The lowest BCUT2D eigenvalue weighted by Gasteiger charge is -2.54. The number of rotatable bonds is 2. The van der Waals surface area contributed by atoms with Crippen molar-refractivity contribution >= 4 is 0 Å². The largest absolute Gasteiger partial charge is 0.314 e. The van der Waals surface area contributed by atoms with Gasteiger partial charge in [-0.1, -0.05) is 23.8 Å². The molecule has 0 radical (unpaired) electrons. The van der Waals surface area contributed by atoms with Crippen LogP contribution in [0.1, 0.15) is 55.2 Å². The van der Waals surface area contributed by atoms with Crippen LogP contribution >= 0.6 is 0 Å². The molecule has 0 saturated heterocycles. The molecule has 3 aliphatic rings. The molecule has 3 aliphatic carbocycles. The van der Waals surface area contributed by atoms with E-state index in [1.807, 2.05) is 0 Å². The average molecular weight is 243 g/mol. The first-order valence-corrected chi connectivity index (χ1v) is 7.36. The molecule has 3 fully saturated rings. The maximum atomic E-state index is 3.60. The van der Waals surface area contributed by atoms with Gasteiger partial charge in [-0.3, -0.25) is 0 Å². The van der Waals surface area contributed by atoms with E-state index in [1.165, 1.54) is 49.7 Å². The highest BCUT2D eigenvalue weighted by molar-refractivity contribution is 5.38. The summed E-state index contributed by atoms with van der Waals surface area (Å²) in [5.41, 5.74) is 5.53. The summed E-state index contributed by atoms with van der Waals surface area (Å²) in [6.45, 7) is 4.52. The van der Waals surface area contributed by atoms with E-state index in [1.54, 1.807) is 5.56 Å². The monoisotopic (exact) mass is 243 g/mol. The van der Waals surface area contributed by atoms with Gasteiger partial charge in [-0.2, -0.15) is 0 Å². The SMILES string of the molecule is CNC12CCC(c3cc(C)ccc3C)(CC1)CC2. The maximum absolute atomic E-state index is 3.60. The van der Waals surface area contributed by atoms with Crippen molar-refractivity contribution in [2.75, 3.05) is 7.05 Å². The quantitative estimate of drug-likeness (QED) is 0.831. The lowest BCUT2D eigenvalue weighted by Crippen LogP contribution is -2.55. The number of nitrogens with one attached hydrogen (secondary N) is 1. The van der Waals surface area contributed by atoms with Gasteiger partial charge in [0.05, 0.1) is 0 Å². The second-order valence-electron chi connectivity index (χ2n) is 6.63. The molecule has 0 amide bonds. The van der Waals surface area contributed by atoms with E-state index < -0.39 is 0 Å². The highest BCUT2D eigenvalue weighted by Gasteiger charge is 2.48. The number of benzene rings is 1. The smallest absolute Gasteiger partial charge is 0.0179 e. The van der Waals surface area contributed by atoms with Crippen LogP contribution in [0.3, 0.4) is 0 Å². The Hall–Kier alpha value is -0.820. The molecule has 2 bridgehead atoms. The van der Waals surface area contributed by atoms with Crippen LogP contribution in [-0.2, 0) is 5.41 Å². The lowest BCUT2D eigenvalue weighted by atomic mass is 9.54. The zero-order chi connectivity index (χ0) is 12.8. The molecule has 1 aromatic carbocycles. The molecular formula is C17H25N. The lowest BCUT2D eigenvalue weighted by molar-refractivity contribution is 0.0830. The molecule has 1 N–H and O–H groups in total. The van der Waals surface area contributed by atoms with Gasteiger partial charge in [0.25, 0.3) is 0 Å². The van der Waals surface area contributed by atoms with Crippen LogP contribution in [0.4, 0.5) is 0 Å². The molecule has 0 heterocycles. The fourth-order valence-corrected chi connectivity index (χ4v) is 4.27. The first-order chi connectivity index (χ1) is 8.59. The molecule has 4 rings (SSSR count). The van der Waals surface area contributed by atoms with Crippen LogP contribution in [0.15, 0.2) is 18.2 Å². The third kappa shape index (κ3) is 1.72. The van der Waals surface area contributed by atoms with Gasteiger partial charge in [-0.25, -0.2) is 0 Å². The predicted octanol–water partition coefficient (Wildman–Crippen LogP) is 3.87. The molecule has 3 saturated carbocycles. The number of fused-ring (bicyclic) bond motifs is 3. The summed E-state index contributed by atoms with van der Waals surface area (Å²) in [4.78, 5) is 0. The zero-order valence-corrected chi connectivity index (χ0v) is 12.0. The molecule has 98 valence electrons. The van der Waals surface area contributed by atoms with Crippen LogP contribution in [0.2, 0.25) is 0 Å². The molecule has 1 nitrogen and oxygen atoms in total. The topological polar surface area (TPSA) is 12.0 Å². The minimum Gasteiger partial charge on any atom is -0.314 e. The van der Waals surface area contributed by atoms with Crippen LogP contribution < -0.4 is 5.32 Å². The minimum atomic E-state index is 0.472. The van der Waals surface area contributed by atoms with Crippen molar-refractivity contribution in [1.29, 1.82) is 0 Å². The summed E-state index contributed by atoms with van der Waals surface area (Å²) < 4.78 is 0.